The number of allylic oxidation sites excluding steroid dienone is 7. The maximum Gasteiger partial charge on any atom is 0.145 e. The minimum absolute atomic E-state index is 0.0108. The van der Waals surface area contributed by atoms with Gasteiger partial charge in [0.05, 0.1) is 5.70 Å². The topological polar surface area (TPSA) is 15.6 Å². The number of rotatable bonds is 5. The Morgan fingerprint density at radius 1 is 0.492 bits per heavy atom. The van der Waals surface area contributed by atoms with Crippen LogP contribution in [0.25, 0.3) is 66.1 Å². The highest BCUT2D eigenvalue weighted by Gasteiger charge is 2.44. The van der Waals surface area contributed by atoms with Crippen molar-refractivity contribution < 1.29 is 0 Å². The van der Waals surface area contributed by atoms with Crippen LogP contribution in [-0.4, -0.2) is 5.84 Å². The van der Waals surface area contributed by atoms with E-state index in [9.17, 15) is 0 Å². The molecule has 8 aromatic carbocycles. The number of aliphatic imine (C=N–C) groups is 1. The maximum atomic E-state index is 5.02. The highest BCUT2D eigenvalue weighted by Crippen LogP contribution is 2.55. The van der Waals surface area contributed by atoms with Crippen LogP contribution in [0, 0.1) is 5.92 Å². The van der Waals surface area contributed by atoms with E-state index in [-0.39, 0.29) is 10.8 Å². The van der Waals surface area contributed by atoms with Crippen molar-refractivity contribution >= 4 is 33.1 Å². The second-order valence-corrected chi connectivity index (χ2v) is 19.2. The Labute approximate surface area is 382 Å². The third-order valence-corrected chi connectivity index (χ3v) is 14.9. The van der Waals surface area contributed by atoms with Crippen LogP contribution < -0.4 is 4.90 Å². The van der Waals surface area contributed by atoms with Crippen LogP contribution in [0.1, 0.15) is 61.4 Å². The first kappa shape index (κ1) is 39.1. The summed E-state index contributed by atoms with van der Waals surface area (Å²) in [6.45, 7) is 13.9. The van der Waals surface area contributed by atoms with Crippen molar-refractivity contribution in [2.75, 3.05) is 4.90 Å². The Kier molecular flexibility index (Phi) is 8.87. The smallest absolute Gasteiger partial charge is 0.145 e. The number of hydrogen-bond acceptors (Lipinski definition) is 2. The molecule has 0 radical (unpaired) electrons. The largest absolute Gasteiger partial charge is 0.301 e. The lowest BCUT2D eigenvalue weighted by molar-refractivity contribution is 0.394. The fourth-order valence-corrected chi connectivity index (χ4v) is 11.6. The Morgan fingerprint density at radius 2 is 1.11 bits per heavy atom. The Bertz CT molecular complexity index is 3440. The standard InChI is InChI=1S/C63H50N2/c1-40-17-15-16-36-65(46-18-7-6-8-19-46)61(64-40)42-28-26-41(27-29-42)43-30-35-53-54(37-43)60(45-32-34-50-48-21-12-14-25-56(48)63(4,5)58(50)39-45)52-23-10-9-22-51(52)59(53)44-31-33-49-47-20-11-13-24-55(47)62(2,3)57(49)38-44/h6-39,47,55H,1H2,2-5H3/b17-15-,36-16-,64-61?. The number of nitrogens with zero attached hydrogens (tertiary/aromatic N) is 2. The van der Waals surface area contributed by atoms with Crippen molar-refractivity contribution in [3.05, 3.63) is 247 Å². The quantitative estimate of drug-likeness (QED) is 0.158. The summed E-state index contributed by atoms with van der Waals surface area (Å²) < 4.78 is 0. The van der Waals surface area contributed by atoms with Crippen LogP contribution in [0.4, 0.5) is 5.69 Å². The SMILES string of the molecule is C=C1/C=C\C=C/N(c2ccccc2)C(c2ccc(-c3ccc4c(-c5ccc6c(c5)C(C)(C)C5C=CC=CC65)c5ccccc5c(-c5ccc6c(c5)C(C)(C)c5ccccc5-6)c4c3)cc2)=N1. The van der Waals surface area contributed by atoms with E-state index in [1.54, 1.807) is 0 Å². The summed E-state index contributed by atoms with van der Waals surface area (Å²) in [5.74, 6) is 1.69. The molecule has 0 spiro atoms. The van der Waals surface area contributed by atoms with Crippen LogP contribution in [0.15, 0.2) is 224 Å². The Morgan fingerprint density at radius 3 is 1.91 bits per heavy atom. The van der Waals surface area contributed by atoms with E-state index in [4.69, 9.17) is 4.99 Å². The molecule has 0 N–H and O–H groups in total. The molecule has 1 heterocycles. The third-order valence-electron chi connectivity index (χ3n) is 14.9. The number of para-hydroxylation sites is 1. The van der Waals surface area contributed by atoms with E-state index in [2.05, 4.69) is 221 Å². The molecule has 0 saturated heterocycles. The van der Waals surface area contributed by atoms with Gasteiger partial charge in [-0.25, -0.2) is 4.99 Å². The van der Waals surface area contributed by atoms with Crippen LogP contribution in [0.2, 0.25) is 0 Å². The van der Waals surface area contributed by atoms with Gasteiger partial charge in [-0.15, -0.1) is 0 Å². The Hall–Kier alpha value is -7.55. The van der Waals surface area contributed by atoms with Crippen LogP contribution in [0.3, 0.4) is 0 Å². The number of hydrogen-bond donors (Lipinski definition) is 0. The van der Waals surface area contributed by atoms with Crippen LogP contribution in [0.5, 0.6) is 0 Å². The molecule has 4 aliphatic rings. The van der Waals surface area contributed by atoms with E-state index >= 15 is 0 Å². The second kappa shape index (κ2) is 14.8. The molecule has 1 aliphatic heterocycles. The molecule has 0 saturated carbocycles. The molecule has 2 unspecified atom stereocenters. The summed E-state index contributed by atoms with van der Waals surface area (Å²) in [4.78, 5) is 7.16. The van der Waals surface area contributed by atoms with Gasteiger partial charge in [0, 0.05) is 28.8 Å². The lowest BCUT2D eigenvalue weighted by Crippen LogP contribution is -2.26. The lowest BCUT2D eigenvalue weighted by Gasteiger charge is -2.29. The average molecular weight is 835 g/mol. The molecule has 0 aromatic heterocycles. The summed E-state index contributed by atoms with van der Waals surface area (Å²) in [5.41, 5.74) is 18.4. The molecule has 2 heteroatoms. The first-order valence-corrected chi connectivity index (χ1v) is 23.0. The minimum Gasteiger partial charge on any atom is -0.301 e. The molecule has 8 aromatic rings. The maximum absolute atomic E-state index is 5.02. The van der Waals surface area contributed by atoms with Crippen molar-refractivity contribution in [2.24, 2.45) is 10.9 Å². The highest BCUT2D eigenvalue weighted by molar-refractivity contribution is 6.22. The monoisotopic (exact) mass is 834 g/mol. The fourth-order valence-electron chi connectivity index (χ4n) is 11.6. The van der Waals surface area contributed by atoms with Crippen LogP contribution in [-0.2, 0) is 10.8 Å². The van der Waals surface area contributed by atoms with E-state index in [1.807, 2.05) is 24.3 Å². The summed E-state index contributed by atoms with van der Waals surface area (Å²) >= 11 is 0. The zero-order valence-electron chi connectivity index (χ0n) is 37.4. The van der Waals surface area contributed by atoms with Crippen molar-refractivity contribution in [3.8, 4) is 44.5 Å². The second-order valence-electron chi connectivity index (χ2n) is 19.2. The van der Waals surface area contributed by atoms with Gasteiger partial charge in [0.1, 0.15) is 5.84 Å². The van der Waals surface area contributed by atoms with Gasteiger partial charge in [0.25, 0.3) is 0 Å². The molecular weight excluding hydrogens is 785 g/mol. The summed E-state index contributed by atoms with van der Waals surface area (Å²) in [6, 6.07) is 59.0. The van der Waals surface area contributed by atoms with E-state index in [1.165, 1.54) is 82.7 Å². The first-order chi connectivity index (χ1) is 31.7. The van der Waals surface area contributed by atoms with Gasteiger partial charge < -0.3 is 4.90 Å². The zero-order chi connectivity index (χ0) is 44.0. The normalized spacial score (nSPS) is 19.5. The number of benzene rings is 8. The molecular formula is C63H50N2. The number of fused-ring (bicyclic) bond motifs is 8. The summed E-state index contributed by atoms with van der Waals surface area (Å²) in [6.07, 6.45) is 17.3. The van der Waals surface area contributed by atoms with Gasteiger partial charge in [-0.05, 0) is 136 Å². The van der Waals surface area contributed by atoms with Gasteiger partial charge in [-0.2, -0.15) is 0 Å². The molecule has 0 fully saturated rings. The molecule has 0 amide bonds. The molecule has 65 heavy (non-hydrogen) atoms. The van der Waals surface area contributed by atoms with Crippen molar-refractivity contribution in [3.63, 3.8) is 0 Å². The van der Waals surface area contributed by atoms with E-state index in [0.717, 1.165) is 22.6 Å². The zero-order valence-corrected chi connectivity index (χ0v) is 37.4. The molecule has 2 nitrogen and oxygen atoms in total. The lowest BCUT2D eigenvalue weighted by atomic mass is 9.74. The Balaban J connectivity index is 1.06. The van der Waals surface area contributed by atoms with E-state index < -0.39 is 0 Å². The van der Waals surface area contributed by atoms with Crippen LogP contribution >= 0.6 is 0 Å². The van der Waals surface area contributed by atoms with Gasteiger partial charge in [-0.3, -0.25) is 0 Å². The predicted octanol–water partition coefficient (Wildman–Crippen LogP) is 16.3. The summed E-state index contributed by atoms with van der Waals surface area (Å²) in [7, 11) is 0. The minimum atomic E-state index is -0.117. The average Bonchev–Trinajstić information content (AvgIpc) is 3.70. The first-order valence-electron chi connectivity index (χ1n) is 23.0. The molecule has 0 bridgehead atoms. The van der Waals surface area contributed by atoms with Crippen molar-refractivity contribution in [2.45, 2.75) is 44.4 Å². The third kappa shape index (κ3) is 6.11. The highest BCUT2D eigenvalue weighted by atomic mass is 15.2. The molecule has 312 valence electrons. The van der Waals surface area contributed by atoms with Gasteiger partial charge in [0.15, 0.2) is 0 Å². The van der Waals surface area contributed by atoms with Gasteiger partial charge >= 0.3 is 0 Å². The van der Waals surface area contributed by atoms with Crippen molar-refractivity contribution in [1.82, 2.24) is 0 Å². The molecule has 12 rings (SSSR count). The number of amidine groups is 1. The van der Waals surface area contributed by atoms with Gasteiger partial charge in [0.2, 0.25) is 0 Å². The number of anilines is 1. The van der Waals surface area contributed by atoms with Gasteiger partial charge in [-0.1, -0.05) is 198 Å². The van der Waals surface area contributed by atoms with E-state index in [0.29, 0.717) is 17.5 Å². The summed E-state index contributed by atoms with van der Waals surface area (Å²) in [5, 5.41) is 5.05. The molecule has 3 aliphatic carbocycles. The predicted molar refractivity (Wildman–Crippen MR) is 276 cm³/mol. The molecule has 2 atom stereocenters. The van der Waals surface area contributed by atoms with Crippen molar-refractivity contribution in [1.29, 1.82) is 0 Å². The fraction of sp³-hybridized carbons (Fsp3) is 0.127.